The van der Waals surface area contributed by atoms with E-state index in [9.17, 15) is 4.79 Å². The SMILES string of the molecule is CC(CCc1ccccc1Cl)C(=O)N1CCNCC1. The molecule has 0 bridgehead atoms. The summed E-state index contributed by atoms with van der Waals surface area (Å²) in [4.78, 5) is 14.2. The number of carbonyl (C=O) groups excluding carboxylic acids is 1. The molecule has 1 aliphatic heterocycles. The van der Waals surface area contributed by atoms with Gasteiger partial charge in [0.1, 0.15) is 0 Å². The van der Waals surface area contributed by atoms with E-state index in [4.69, 9.17) is 11.6 Å². The summed E-state index contributed by atoms with van der Waals surface area (Å²) < 4.78 is 0. The molecule has 0 radical (unpaired) electrons. The first-order chi connectivity index (χ1) is 9.18. The van der Waals surface area contributed by atoms with Gasteiger partial charge in [0.15, 0.2) is 0 Å². The van der Waals surface area contributed by atoms with Crippen molar-refractivity contribution in [3.05, 3.63) is 34.9 Å². The summed E-state index contributed by atoms with van der Waals surface area (Å²) >= 11 is 6.13. The molecule has 104 valence electrons. The Balaban J connectivity index is 1.85. The molecule has 1 aromatic carbocycles. The lowest BCUT2D eigenvalue weighted by atomic mass is 9.99. The lowest BCUT2D eigenvalue weighted by molar-refractivity contribution is -0.135. The van der Waals surface area contributed by atoms with E-state index in [0.29, 0.717) is 0 Å². The Morgan fingerprint density at radius 1 is 1.37 bits per heavy atom. The number of nitrogens with one attached hydrogen (secondary N) is 1. The zero-order chi connectivity index (χ0) is 13.7. The van der Waals surface area contributed by atoms with Gasteiger partial charge in [0, 0.05) is 37.1 Å². The van der Waals surface area contributed by atoms with Crippen molar-refractivity contribution in [2.45, 2.75) is 19.8 Å². The van der Waals surface area contributed by atoms with Crippen LogP contribution in [-0.4, -0.2) is 37.0 Å². The van der Waals surface area contributed by atoms with Gasteiger partial charge >= 0.3 is 0 Å². The van der Waals surface area contributed by atoms with Crippen molar-refractivity contribution in [1.29, 1.82) is 0 Å². The van der Waals surface area contributed by atoms with Crippen molar-refractivity contribution in [3.8, 4) is 0 Å². The molecule has 2 rings (SSSR count). The van der Waals surface area contributed by atoms with Crippen molar-refractivity contribution in [1.82, 2.24) is 10.2 Å². The van der Waals surface area contributed by atoms with E-state index in [1.165, 1.54) is 0 Å². The highest BCUT2D eigenvalue weighted by Crippen LogP contribution is 2.19. The second-order valence-electron chi connectivity index (χ2n) is 5.11. The van der Waals surface area contributed by atoms with Gasteiger partial charge in [-0.2, -0.15) is 0 Å². The van der Waals surface area contributed by atoms with Crippen LogP contribution in [-0.2, 0) is 11.2 Å². The average Bonchev–Trinajstić information content (AvgIpc) is 2.46. The highest BCUT2D eigenvalue weighted by molar-refractivity contribution is 6.31. The lowest BCUT2D eigenvalue weighted by Gasteiger charge is -2.29. The van der Waals surface area contributed by atoms with Gasteiger partial charge in [-0.3, -0.25) is 4.79 Å². The van der Waals surface area contributed by atoms with Crippen LogP contribution in [0.4, 0.5) is 0 Å². The van der Waals surface area contributed by atoms with Gasteiger partial charge in [-0.1, -0.05) is 36.7 Å². The summed E-state index contributed by atoms with van der Waals surface area (Å²) in [5.41, 5.74) is 1.13. The number of halogens is 1. The molecule has 4 heteroatoms. The van der Waals surface area contributed by atoms with Crippen molar-refractivity contribution in [3.63, 3.8) is 0 Å². The minimum Gasteiger partial charge on any atom is -0.340 e. The molecule has 1 aliphatic rings. The number of nitrogens with zero attached hydrogens (tertiary/aromatic N) is 1. The topological polar surface area (TPSA) is 32.3 Å². The van der Waals surface area contributed by atoms with Gasteiger partial charge in [-0.25, -0.2) is 0 Å². The van der Waals surface area contributed by atoms with Crippen molar-refractivity contribution in [2.24, 2.45) is 5.92 Å². The molecule has 1 atom stereocenters. The van der Waals surface area contributed by atoms with E-state index in [1.807, 2.05) is 36.1 Å². The Morgan fingerprint density at radius 3 is 2.74 bits per heavy atom. The van der Waals surface area contributed by atoms with Crippen LogP contribution in [0.3, 0.4) is 0 Å². The second kappa shape index (κ2) is 6.92. The van der Waals surface area contributed by atoms with E-state index in [2.05, 4.69) is 5.32 Å². The van der Waals surface area contributed by atoms with E-state index in [1.54, 1.807) is 0 Å². The maximum absolute atomic E-state index is 12.3. The van der Waals surface area contributed by atoms with E-state index in [0.717, 1.165) is 49.6 Å². The number of hydrogen-bond donors (Lipinski definition) is 1. The Hall–Kier alpha value is -1.06. The number of amides is 1. The quantitative estimate of drug-likeness (QED) is 0.918. The molecule has 0 aliphatic carbocycles. The van der Waals surface area contributed by atoms with Crippen LogP contribution < -0.4 is 5.32 Å². The van der Waals surface area contributed by atoms with Crippen molar-refractivity contribution < 1.29 is 4.79 Å². The van der Waals surface area contributed by atoms with Gasteiger partial charge in [-0.05, 0) is 24.5 Å². The Morgan fingerprint density at radius 2 is 2.05 bits per heavy atom. The van der Waals surface area contributed by atoms with Crippen LogP contribution in [0.5, 0.6) is 0 Å². The summed E-state index contributed by atoms with van der Waals surface area (Å²) in [6.45, 7) is 5.48. The van der Waals surface area contributed by atoms with Crippen molar-refractivity contribution >= 4 is 17.5 Å². The molecule has 1 fully saturated rings. The summed E-state index contributed by atoms with van der Waals surface area (Å²) in [6, 6.07) is 7.86. The fourth-order valence-corrected chi connectivity index (χ4v) is 2.62. The number of benzene rings is 1. The number of carbonyl (C=O) groups is 1. The Bertz CT molecular complexity index is 430. The third kappa shape index (κ3) is 3.95. The first-order valence-corrected chi connectivity index (χ1v) is 7.29. The van der Waals surface area contributed by atoms with Gasteiger partial charge in [0.25, 0.3) is 0 Å². The molecule has 1 amide bonds. The molecule has 0 saturated carbocycles. The van der Waals surface area contributed by atoms with E-state index in [-0.39, 0.29) is 11.8 Å². The van der Waals surface area contributed by atoms with Crippen LogP contribution in [0.15, 0.2) is 24.3 Å². The van der Waals surface area contributed by atoms with Crippen LogP contribution in [0.1, 0.15) is 18.9 Å². The van der Waals surface area contributed by atoms with E-state index >= 15 is 0 Å². The van der Waals surface area contributed by atoms with Crippen molar-refractivity contribution in [2.75, 3.05) is 26.2 Å². The third-order valence-electron chi connectivity index (χ3n) is 3.65. The largest absolute Gasteiger partial charge is 0.340 e. The number of rotatable bonds is 4. The van der Waals surface area contributed by atoms with Crippen LogP contribution in [0, 0.1) is 5.92 Å². The molecule has 0 spiro atoms. The first kappa shape index (κ1) is 14.4. The number of piperazine rings is 1. The molecule has 0 aromatic heterocycles. The second-order valence-corrected chi connectivity index (χ2v) is 5.51. The minimum atomic E-state index is 0.0642. The molecule has 19 heavy (non-hydrogen) atoms. The van der Waals surface area contributed by atoms with Crippen LogP contribution in [0.2, 0.25) is 5.02 Å². The maximum Gasteiger partial charge on any atom is 0.225 e. The smallest absolute Gasteiger partial charge is 0.225 e. The van der Waals surface area contributed by atoms with E-state index < -0.39 is 0 Å². The highest BCUT2D eigenvalue weighted by Gasteiger charge is 2.21. The summed E-state index contributed by atoms with van der Waals surface area (Å²) in [5.74, 6) is 0.336. The normalized spacial score (nSPS) is 17.3. The monoisotopic (exact) mass is 280 g/mol. The highest BCUT2D eigenvalue weighted by atomic mass is 35.5. The maximum atomic E-state index is 12.3. The summed E-state index contributed by atoms with van der Waals surface area (Å²) in [6.07, 6.45) is 1.71. The first-order valence-electron chi connectivity index (χ1n) is 6.91. The van der Waals surface area contributed by atoms with Gasteiger partial charge < -0.3 is 10.2 Å². The number of aryl methyl sites for hydroxylation is 1. The zero-order valence-corrected chi connectivity index (χ0v) is 12.1. The molecule has 1 unspecified atom stereocenters. The van der Waals surface area contributed by atoms with Gasteiger partial charge in [0.2, 0.25) is 5.91 Å². The molecule has 1 aromatic rings. The zero-order valence-electron chi connectivity index (χ0n) is 11.4. The third-order valence-corrected chi connectivity index (χ3v) is 4.02. The molecular formula is C15H21ClN2O. The Labute approximate surface area is 119 Å². The average molecular weight is 281 g/mol. The fourth-order valence-electron chi connectivity index (χ4n) is 2.39. The standard InChI is InChI=1S/C15H21ClN2O/c1-12(15(19)18-10-8-17-9-11-18)6-7-13-4-2-3-5-14(13)16/h2-5,12,17H,6-11H2,1H3. The minimum absolute atomic E-state index is 0.0642. The molecule has 1 heterocycles. The predicted octanol–water partition coefficient (Wildman–Crippen LogP) is 2.34. The lowest BCUT2D eigenvalue weighted by Crippen LogP contribution is -2.48. The molecule has 3 nitrogen and oxygen atoms in total. The van der Waals surface area contributed by atoms with Crippen LogP contribution >= 0.6 is 11.6 Å². The Kier molecular flexibility index (Phi) is 5.23. The van der Waals surface area contributed by atoms with Gasteiger partial charge in [-0.15, -0.1) is 0 Å². The summed E-state index contributed by atoms with van der Waals surface area (Å²) in [7, 11) is 0. The number of hydrogen-bond acceptors (Lipinski definition) is 2. The fraction of sp³-hybridized carbons (Fsp3) is 0.533. The molecular weight excluding hydrogens is 260 g/mol. The molecule has 1 N–H and O–H groups in total. The predicted molar refractivity (Wildman–Crippen MR) is 78.4 cm³/mol. The van der Waals surface area contributed by atoms with Crippen LogP contribution in [0.25, 0.3) is 0 Å². The summed E-state index contributed by atoms with van der Waals surface area (Å²) in [5, 5.41) is 4.06. The van der Waals surface area contributed by atoms with Gasteiger partial charge in [0.05, 0.1) is 0 Å². The molecule has 1 saturated heterocycles.